The maximum absolute atomic E-state index is 15.0. The van der Waals surface area contributed by atoms with E-state index in [1.165, 1.54) is 11.1 Å². The molecule has 1 saturated carbocycles. The highest BCUT2D eigenvalue weighted by molar-refractivity contribution is 6.31. The van der Waals surface area contributed by atoms with E-state index in [4.69, 9.17) is 11.6 Å². The van der Waals surface area contributed by atoms with Crippen molar-refractivity contribution in [1.82, 2.24) is 23.8 Å². The van der Waals surface area contributed by atoms with Gasteiger partial charge in [0.25, 0.3) is 11.8 Å². The minimum Gasteiger partial charge on any atom is -0.508 e. The summed E-state index contributed by atoms with van der Waals surface area (Å²) < 4.78 is 4.22. The van der Waals surface area contributed by atoms with E-state index >= 15 is 4.79 Å². The second-order valence-electron chi connectivity index (χ2n) is 15.4. The van der Waals surface area contributed by atoms with Gasteiger partial charge in [0.1, 0.15) is 5.75 Å². The number of aromatic nitrogens is 2. The van der Waals surface area contributed by atoms with E-state index in [1.807, 2.05) is 61.9 Å². The molecule has 3 aliphatic rings. The van der Waals surface area contributed by atoms with Crippen LogP contribution in [0.3, 0.4) is 0 Å². The number of aryl methyl sites for hydroxylation is 1. The number of hydrogen-bond acceptors (Lipinski definition) is 5. The van der Waals surface area contributed by atoms with E-state index in [1.54, 1.807) is 35.2 Å². The number of nitrogens with zero attached hydrogens (tertiary/aromatic N) is 6. The molecule has 0 radical (unpaired) electrons. The molecule has 280 valence electrons. The Balaban J connectivity index is 1.10. The molecule has 2 fully saturated rings. The minimum absolute atomic E-state index is 0.0162. The van der Waals surface area contributed by atoms with Crippen molar-refractivity contribution in [3.63, 3.8) is 0 Å². The molecular weight excluding hydrogens is 708 g/mol. The molecule has 9 nitrogen and oxygen atoms in total. The third-order valence-electron chi connectivity index (χ3n) is 11.6. The Labute approximate surface area is 326 Å². The lowest BCUT2D eigenvalue weighted by atomic mass is 9.92. The Bertz CT molecular complexity index is 2410. The molecule has 55 heavy (non-hydrogen) atoms. The summed E-state index contributed by atoms with van der Waals surface area (Å²) in [7, 11) is 4.16. The quantitative estimate of drug-likeness (QED) is 0.170. The van der Waals surface area contributed by atoms with Crippen LogP contribution in [0.4, 0.5) is 11.4 Å². The second kappa shape index (κ2) is 14.4. The van der Waals surface area contributed by atoms with E-state index in [9.17, 15) is 9.90 Å². The Morgan fingerprint density at radius 3 is 2.35 bits per heavy atom. The van der Waals surface area contributed by atoms with Crippen LogP contribution in [-0.4, -0.2) is 86.6 Å². The number of rotatable bonds is 8. The van der Waals surface area contributed by atoms with Gasteiger partial charge in [-0.1, -0.05) is 35.9 Å². The third kappa shape index (κ3) is 6.92. The molecule has 1 saturated heterocycles. The van der Waals surface area contributed by atoms with Crippen molar-refractivity contribution in [1.29, 1.82) is 0 Å². The van der Waals surface area contributed by atoms with Crippen LogP contribution in [0.5, 0.6) is 5.75 Å². The van der Waals surface area contributed by atoms with E-state index in [-0.39, 0.29) is 29.6 Å². The zero-order chi connectivity index (χ0) is 37.8. The van der Waals surface area contributed by atoms with Crippen LogP contribution in [0.15, 0.2) is 109 Å². The summed E-state index contributed by atoms with van der Waals surface area (Å²) in [5.41, 5.74) is 7.49. The van der Waals surface area contributed by atoms with Crippen molar-refractivity contribution < 1.29 is 14.7 Å². The van der Waals surface area contributed by atoms with E-state index in [0.29, 0.717) is 34.1 Å². The number of halogens is 1. The molecule has 0 unspecified atom stereocenters. The number of benzene rings is 4. The highest BCUT2D eigenvalue weighted by atomic mass is 35.5. The Morgan fingerprint density at radius 1 is 0.836 bits per heavy atom. The number of amides is 2. The number of fused-ring (bicyclic) bond motifs is 2. The maximum Gasteiger partial charge on any atom is 0.264 e. The summed E-state index contributed by atoms with van der Waals surface area (Å²) in [6.07, 6.45) is 6.72. The summed E-state index contributed by atoms with van der Waals surface area (Å²) in [6, 6.07) is 30.9. The number of aromatic hydroxyl groups is 1. The van der Waals surface area contributed by atoms with Crippen LogP contribution >= 0.6 is 11.6 Å². The lowest BCUT2D eigenvalue weighted by molar-refractivity contribution is 0.0536. The van der Waals surface area contributed by atoms with Gasteiger partial charge in [-0.15, -0.1) is 0 Å². The molecule has 2 amide bonds. The average molecular weight is 753 g/mol. The van der Waals surface area contributed by atoms with Crippen LogP contribution in [0, 0.1) is 0 Å². The van der Waals surface area contributed by atoms with Crippen LogP contribution in [0.25, 0.3) is 22.2 Å². The summed E-state index contributed by atoms with van der Waals surface area (Å²) in [4.78, 5) is 38.5. The van der Waals surface area contributed by atoms with Crippen LogP contribution in [0.2, 0.25) is 5.02 Å². The van der Waals surface area contributed by atoms with Gasteiger partial charge in [-0.05, 0) is 110 Å². The van der Waals surface area contributed by atoms with Gasteiger partial charge in [0.2, 0.25) is 0 Å². The molecule has 2 aromatic heterocycles. The molecule has 1 aliphatic carbocycles. The van der Waals surface area contributed by atoms with Crippen LogP contribution < -0.4 is 4.90 Å². The standard InChI is InChI=1S/C45H45ClN6O3/c1-47-19-21-49(22-20-47)29-38-23-30-5-3-4-6-32(30)27-51(38)45(55)40-15-7-34(46)26-41(40)43-25-33(28-50(43)35-8-9-35)44(54)52(36-10-13-39(53)14-11-36)37-12-16-42-31(24-37)17-18-48(42)2/h3-7,10-18,24-26,28,35,38,53H,8-9,19-23,27,29H2,1-2H3/t38-/m0/s1. The van der Waals surface area contributed by atoms with Crippen molar-refractivity contribution in [3.8, 4) is 17.0 Å². The monoisotopic (exact) mass is 752 g/mol. The average Bonchev–Trinajstić information content (AvgIpc) is 3.84. The van der Waals surface area contributed by atoms with Gasteiger partial charge in [-0.25, -0.2) is 0 Å². The number of piperazine rings is 1. The smallest absolute Gasteiger partial charge is 0.264 e. The van der Waals surface area contributed by atoms with Gasteiger partial charge < -0.3 is 24.0 Å². The minimum atomic E-state index is -0.212. The van der Waals surface area contributed by atoms with Crippen molar-refractivity contribution in [2.24, 2.45) is 7.05 Å². The number of anilines is 2. The van der Waals surface area contributed by atoms with E-state index < -0.39 is 0 Å². The van der Waals surface area contributed by atoms with Gasteiger partial charge in [-0.3, -0.25) is 19.4 Å². The molecule has 1 atom stereocenters. The van der Waals surface area contributed by atoms with Gasteiger partial charge in [-0.2, -0.15) is 0 Å². The van der Waals surface area contributed by atoms with Gasteiger partial charge in [0.15, 0.2) is 0 Å². The first kappa shape index (κ1) is 35.4. The van der Waals surface area contributed by atoms with Gasteiger partial charge in [0, 0.05) is 115 Å². The summed E-state index contributed by atoms with van der Waals surface area (Å²) >= 11 is 6.74. The zero-order valence-corrected chi connectivity index (χ0v) is 32.0. The fourth-order valence-corrected chi connectivity index (χ4v) is 8.55. The lowest BCUT2D eigenvalue weighted by Gasteiger charge is -2.41. The maximum atomic E-state index is 15.0. The predicted octanol–water partition coefficient (Wildman–Crippen LogP) is 8.13. The number of phenolic OH excluding ortho intramolecular Hbond substituents is 1. The van der Waals surface area contributed by atoms with Gasteiger partial charge in [0.05, 0.1) is 5.56 Å². The topological polar surface area (TPSA) is 77.2 Å². The SMILES string of the molecule is CN1CCN(C[C@@H]2Cc3ccccc3CN2C(=O)c2ccc(Cl)cc2-c2cc(C(=O)N(c3ccc(O)cc3)c3ccc4c(ccn4C)c3)cn2C2CC2)CC1. The molecule has 4 heterocycles. The fourth-order valence-electron chi connectivity index (χ4n) is 8.38. The summed E-state index contributed by atoms with van der Waals surface area (Å²) in [5.74, 6) is -0.118. The van der Waals surface area contributed by atoms with Crippen molar-refractivity contribution >= 4 is 45.7 Å². The molecule has 10 heteroatoms. The summed E-state index contributed by atoms with van der Waals surface area (Å²) in [5, 5.41) is 11.7. The Kier molecular flexibility index (Phi) is 9.24. The highest BCUT2D eigenvalue weighted by Crippen LogP contribution is 2.42. The first-order valence-electron chi connectivity index (χ1n) is 19.2. The molecule has 0 spiro atoms. The first-order valence-corrected chi connectivity index (χ1v) is 19.6. The normalized spacial score (nSPS) is 17.7. The van der Waals surface area contributed by atoms with Crippen molar-refractivity contribution in [2.45, 2.75) is 37.9 Å². The summed E-state index contributed by atoms with van der Waals surface area (Å²) in [6.45, 7) is 5.35. The second-order valence-corrected chi connectivity index (χ2v) is 15.9. The fraction of sp³-hybridized carbons (Fsp3) is 0.289. The van der Waals surface area contributed by atoms with E-state index in [0.717, 1.165) is 74.1 Å². The van der Waals surface area contributed by atoms with Crippen LogP contribution in [0.1, 0.15) is 50.7 Å². The Hall–Kier alpha value is -5.35. The predicted molar refractivity (Wildman–Crippen MR) is 218 cm³/mol. The first-order chi connectivity index (χ1) is 26.7. The number of carbonyl (C=O) groups excluding carboxylic acids is 2. The largest absolute Gasteiger partial charge is 0.508 e. The molecule has 9 rings (SSSR count). The molecule has 6 aromatic rings. The molecule has 1 N–H and O–H groups in total. The molecule has 0 bridgehead atoms. The number of carbonyl (C=O) groups is 2. The third-order valence-corrected chi connectivity index (χ3v) is 11.9. The zero-order valence-electron chi connectivity index (χ0n) is 31.2. The molecule has 2 aliphatic heterocycles. The van der Waals surface area contributed by atoms with E-state index in [2.05, 4.69) is 55.1 Å². The van der Waals surface area contributed by atoms with Gasteiger partial charge >= 0.3 is 0 Å². The van der Waals surface area contributed by atoms with Crippen molar-refractivity contribution in [2.75, 3.05) is 44.7 Å². The van der Waals surface area contributed by atoms with Crippen molar-refractivity contribution in [3.05, 3.63) is 137 Å². The molecular formula is C45H45ClN6O3. The number of likely N-dealkylation sites (N-methyl/N-ethyl adjacent to an activating group) is 1. The molecule has 4 aromatic carbocycles. The van der Waals surface area contributed by atoms with Crippen LogP contribution in [-0.2, 0) is 20.0 Å². The Morgan fingerprint density at radius 2 is 1.58 bits per heavy atom. The lowest BCUT2D eigenvalue weighted by Crippen LogP contribution is -2.53. The number of hydrogen-bond donors (Lipinski definition) is 1. The number of phenols is 1. The highest BCUT2D eigenvalue weighted by Gasteiger charge is 2.35.